The molecule has 15 nitrogen and oxygen atoms in total. The first-order chi connectivity index (χ1) is 20.0. The molecule has 1 aliphatic carbocycles. The number of amidine groups is 1. The van der Waals surface area contributed by atoms with Crippen molar-refractivity contribution in [3.05, 3.63) is 64.7 Å². The van der Waals surface area contributed by atoms with Gasteiger partial charge in [-0.3, -0.25) is 24.6 Å². The molecular weight excluding hydrogens is 552 g/mol. The third-order valence-corrected chi connectivity index (χ3v) is 6.28. The zero-order valence-electron chi connectivity index (χ0n) is 22.7. The smallest absolute Gasteiger partial charge is 0.423 e. The van der Waals surface area contributed by atoms with Crippen molar-refractivity contribution in [1.82, 2.24) is 15.5 Å². The Labute approximate surface area is 238 Å². The highest BCUT2D eigenvalue weighted by molar-refractivity contribution is 6.21. The Morgan fingerprint density at radius 1 is 1.12 bits per heavy atom. The topological polar surface area (TPSA) is 217 Å². The van der Waals surface area contributed by atoms with Crippen LogP contribution in [0.5, 0.6) is 0 Å². The summed E-state index contributed by atoms with van der Waals surface area (Å²) in [6.07, 6.45) is 2.45. The number of H-pyrrole nitrogens is 1. The van der Waals surface area contributed by atoms with Gasteiger partial charge in [0.2, 0.25) is 6.79 Å². The van der Waals surface area contributed by atoms with Crippen LogP contribution in [0.15, 0.2) is 41.2 Å². The van der Waals surface area contributed by atoms with Gasteiger partial charge in [-0.15, -0.1) is 0 Å². The Bertz CT molecular complexity index is 1520. The van der Waals surface area contributed by atoms with Gasteiger partial charge in [-0.1, -0.05) is 11.2 Å². The van der Waals surface area contributed by atoms with Crippen LogP contribution >= 0.6 is 0 Å². The van der Waals surface area contributed by atoms with Crippen molar-refractivity contribution in [1.29, 1.82) is 5.41 Å². The monoisotopic (exact) mass is 580 g/mol. The van der Waals surface area contributed by atoms with Crippen LogP contribution in [0.3, 0.4) is 0 Å². The summed E-state index contributed by atoms with van der Waals surface area (Å²) in [5.74, 6) is -3.26. The summed E-state index contributed by atoms with van der Waals surface area (Å²) in [6, 6.07) is 5.97. The van der Waals surface area contributed by atoms with Gasteiger partial charge in [0.15, 0.2) is 11.7 Å². The van der Waals surface area contributed by atoms with Gasteiger partial charge in [0.1, 0.15) is 6.26 Å². The lowest BCUT2D eigenvalue weighted by atomic mass is 10.1. The number of ether oxygens (including phenoxy) is 2. The molecule has 2 aromatic heterocycles. The highest BCUT2D eigenvalue weighted by Crippen LogP contribution is 2.27. The normalized spacial score (nSPS) is 12.2. The number of carboxylic acid groups (broad SMARTS) is 1. The molecule has 42 heavy (non-hydrogen) atoms. The highest BCUT2D eigenvalue weighted by atomic mass is 16.7. The van der Waals surface area contributed by atoms with E-state index in [-0.39, 0.29) is 34.7 Å². The van der Waals surface area contributed by atoms with Gasteiger partial charge in [-0.2, -0.15) is 0 Å². The SMILES string of the molecule is Cc1ccc(C(=O)Nc2ccon2)cc1N(C(=N)c1[nH]cc(C(=O)NC2CC2)c1C)C(=O)OCOC(=O)CCC(=O)O. The predicted molar refractivity (Wildman–Crippen MR) is 145 cm³/mol. The van der Waals surface area contributed by atoms with E-state index in [1.165, 1.54) is 30.7 Å². The van der Waals surface area contributed by atoms with E-state index in [9.17, 15) is 24.0 Å². The fraction of sp³-hybridized carbons (Fsp3) is 0.296. The summed E-state index contributed by atoms with van der Waals surface area (Å²) in [4.78, 5) is 65.1. The number of aromatic nitrogens is 2. The Kier molecular flexibility index (Phi) is 8.99. The fourth-order valence-corrected chi connectivity index (χ4v) is 3.84. The standard InChI is InChI=1S/C27H28N6O9/c1-14-3-4-16(25(37)31-20-9-10-42-32-20)11-19(14)33(27(39)41-13-40-22(36)8-7-21(34)35)24(28)23-15(2)18(12-29-23)26(38)30-17-5-6-17/h3-4,9-12,17,28-29H,5-8,13H2,1-2H3,(H,30,38)(H,34,35)(H,31,32,37). The minimum atomic E-state index is -1.20. The number of benzene rings is 1. The second kappa shape index (κ2) is 12.8. The molecule has 220 valence electrons. The van der Waals surface area contributed by atoms with Gasteiger partial charge in [-0.25, -0.2) is 9.69 Å². The molecule has 0 atom stereocenters. The van der Waals surface area contributed by atoms with E-state index >= 15 is 0 Å². The van der Waals surface area contributed by atoms with Crippen molar-refractivity contribution in [3.8, 4) is 0 Å². The summed E-state index contributed by atoms with van der Waals surface area (Å²) in [5, 5.41) is 26.7. The zero-order valence-corrected chi connectivity index (χ0v) is 22.7. The molecular formula is C27H28N6O9. The lowest BCUT2D eigenvalue weighted by molar-refractivity contribution is -0.154. The lowest BCUT2D eigenvalue weighted by Gasteiger charge is -2.24. The number of hydrogen-bond acceptors (Lipinski definition) is 10. The average Bonchev–Trinajstić information content (AvgIpc) is 3.44. The van der Waals surface area contributed by atoms with Gasteiger partial charge in [0.25, 0.3) is 11.8 Å². The molecule has 15 heteroatoms. The molecule has 0 unspecified atom stereocenters. The molecule has 3 amide bonds. The summed E-state index contributed by atoms with van der Waals surface area (Å²) >= 11 is 0. The van der Waals surface area contributed by atoms with E-state index < -0.39 is 49.4 Å². The highest BCUT2D eigenvalue weighted by Gasteiger charge is 2.30. The van der Waals surface area contributed by atoms with Crippen molar-refractivity contribution >= 4 is 47.2 Å². The fourth-order valence-electron chi connectivity index (χ4n) is 3.84. The third-order valence-electron chi connectivity index (χ3n) is 6.28. The molecule has 0 bridgehead atoms. The number of carbonyl (C=O) groups is 5. The number of esters is 1. The number of aromatic amines is 1. The van der Waals surface area contributed by atoms with E-state index in [0.29, 0.717) is 16.7 Å². The number of aliphatic carboxylic acids is 1. The quantitative estimate of drug-likeness (QED) is 0.0966. The number of carbonyl (C=O) groups excluding carboxylic acids is 4. The van der Waals surface area contributed by atoms with E-state index in [0.717, 1.165) is 17.7 Å². The van der Waals surface area contributed by atoms with Gasteiger partial charge in [0.05, 0.1) is 29.8 Å². The molecule has 1 saturated carbocycles. The number of rotatable bonds is 11. The van der Waals surface area contributed by atoms with Gasteiger partial charge < -0.3 is 34.7 Å². The van der Waals surface area contributed by atoms with Crippen LogP contribution in [0.1, 0.15) is 63.2 Å². The number of aryl methyl sites for hydroxylation is 1. The maximum Gasteiger partial charge on any atom is 0.423 e. The summed E-state index contributed by atoms with van der Waals surface area (Å²) < 4.78 is 14.6. The van der Waals surface area contributed by atoms with E-state index in [2.05, 4.69) is 20.8 Å². The zero-order chi connectivity index (χ0) is 30.4. The molecule has 0 saturated heterocycles. The largest absolute Gasteiger partial charge is 0.481 e. The Morgan fingerprint density at radius 3 is 2.55 bits per heavy atom. The molecule has 1 aromatic carbocycles. The molecule has 0 spiro atoms. The van der Waals surface area contributed by atoms with Crippen molar-refractivity contribution < 1.29 is 43.1 Å². The molecule has 3 aromatic rings. The lowest BCUT2D eigenvalue weighted by Crippen LogP contribution is -2.39. The van der Waals surface area contributed by atoms with Crippen molar-refractivity contribution in [2.24, 2.45) is 0 Å². The number of anilines is 2. The predicted octanol–water partition coefficient (Wildman–Crippen LogP) is 3.10. The minimum Gasteiger partial charge on any atom is -0.481 e. The number of amides is 3. The maximum absolute atomic E-state index is 13.4. The molecule has 4 rings (SSSR count). The van der Waals surface area contributed by atoms with Crippen LogP contribution in [-0.2, 0) is 19.1 Å². The first kappa shape index (κ1) is 29.5. The average molecular weight is 581 g/mol. The van der Waals surface area contributed by atoms with Crippen LogP contribution in [0.2, 0.25) is 0 Å². The van der Waals surface area contributed by atoms with Crippen LogP contribution in [0, 0.1) is 19.3 Å². The van der Waals surface area contributed by atoms with Crippen LogP contribution in [0.4, 0.5) is 16.3 Å². The summed E-state index contributed by atoms with van der Waals surface area (Å²) in [7, 11) is 0. The molecule has 1 aliphatic rings. The number of nitrogens with zero attached hydrogens (tertiary/aromatic N) is 2. The molecule has 1 fully saturated rings. The minimum absolute atomic E-state index is 0.0907. The molecule has 0 radical (unpaired) electrons. The Hall–Kier alpha value is -5.47. The molecule has 0 aliphatic heterocycles. The van der Waals surface area contributed by atoms with E-state index in [4.69, 9.17) is 24.5 Å². The summed E-state index contributed by atoms with van der Waals surface area (Å²) in [5.41, 5.74) is 1.49. The van der Waals surface area contributed by atoms with Gasteiger partial charge in [0, 0.05) is 23.9 Å². The molecule has 5 N–H and O–H groups in total. The number of nitrogens with one attached hydrogen (secondary N) is 4. The first-order valence-electron chi connectivity index (χ1n) is 12.8. The van der Waals surface area contributed by atoms with E-state index in [1.807, 2.05) is 0 Å². The summed E-state index contributed by atoms with van der Waals surface area (Å²) in [6.45, 7) is 2.40. The van der Waals surface area contributed by atoms with Crippen LogP contribution in [0.25, 0.3) is 0 Å². The Balaban J connectivity index is 1.61. The number of hydrogen-bond donors (Lipinski definition) is 5. The number of carboxylic acids is 1. The second-order valence-corrected chi connectivity index (χ2v) is 9.41. The van der Waals surface area contributed by atoms with Gasteiger partial charge in [-0.05, 0) is 49.9 Å². The van der Waals surface area contributed by atoms with Crippen molar-refractivity contribution in [2.45, 2.75) is 45.6 Å². The maximum atomic E-state index is 13.4. The van der Waals surface area contributed by atoms with Crippen molar-refractivity contribution in [2.75, 3.05) is 17.0 Å². The van der Waals surface area contributed by atoms with E-state index in [1.54, 1.807) is 19.9 Å². The first-order valence-corrected chi connectivity index (χ1v) is 12.8. The third kappa shape index (κ3) is 7.18. The van der Waals surface area contributed by atoms with Crippen LogP contribution in [-0.4, -0.2) is 63.8 Å². The second-order valence-electron chi connectivity index (χ2n) is 9.41. The van der Waals surface area contributed by atoms with Gasteiger partial charge >= 0.3 is 18.0 Å². The molecule has 2 heterocycles. The van der Waals surface area contributed by atoms with Crippen molar-refractivity contribution in [3.63, 3.8) is 0 Å². The van der Waals surface area contributed by atoms with Crippen LogP contribution < -0.4 is 15.5 Å². The Morgan fingerprint density at radius 2 is 1.88 bits per heavy atom.